The van der Waals surface area contributed by atoms with Gasteiger partial charge in [0.1, 0.15) is 5.75 Å². The van der Waals surface area contributed by atoms with Crippen molar-refractivity contribution >= 4 is 5.96 Å². The molecule has 0 unspecified atom stereocenters. The topological polar surface area (TPSA) is 45.7 Å². The summed E-state index contributed by atoms with van der Waals surface area (Å²) in [4.78, 5) is 4.27. The zero-order valence-corrected chi connectivity index (χ0v) is 11.8. The van der Waals surface area contributed by atoms with E-state index in [1.165, 1.54) is 31.2 Å². The number of nitrogens with zero attached hydrogens (tertiary/aromatic N) is 1. The number of ether oxygens (including phenoxy) is 1. The minimum absolute atomic E-state index is 0.585. The van der Waals surface area contributed by atoms with E-state index >= 15 is 0 Å². The van der Waals surface area contributed by atoms with Gasteiger partial charge in [-0.15, -0.1) is 0 Å². The second-order valence-corrected chi connectivity index (χ2v) is 4.90. The van der Waals surface area contributed by atoms with Crippen molar-refractivity contribution in [1.82, 2.24) is 10.6 Å². The van der Waals surface area contributed by atoms with Crippen LogP contribution < -0.4 is 15.4 Å². The molecule has 0 amide bonds. The summed E-state index contributed by atoms with van der Waals surface area (Å²) in [5, 5.41) is 6.82. The van der Waals surface area contributed by atoms with E-state index in [0.717, 1.165) is 18.3 Å². The van der Waals surface area contributed by atoms with E-state index in [9.17, 15) is 0 Å². The number of nitrogens with one attached hydrogen (secondary N) is 2. The maximum Gasteiger partial charge on any atom is 0.191 e. The van der Waals surface area contributed by atoms with Gasteiger partial charge in [0.2, 0.25) is 0 Å². The third-order valence-electron chi connectivity index (χ3n) is 3.54. The highest BCUT2D eigenvalue weighted by Crippen LogP contribution is 2.17. The van der Waals surface area contributed by atoms with Crippen LogP contribution >= 0.6 is 0 Å². The lowest BCUT2D eigenvalue weighted by Crippen LogP contribution is -2.41. The highest BCUT2D eigenvalue weighted by atomic mass is 16.5. The molecule has 0 spiro atoms. The van der Waals surface area contributed by atoms with Crippen LogP contribution in [0.1, 0.15) is 31.2 Å². The van der Waals surface area contributed by atoms with Crippen molar-refractivity contribution in [3.63, 3.8) is 0 Å². The second kappa shape index (κ2) is 7.02. The molecule has 4 nitrogen and oxygen atoms in total. The molecule has 0 radical (unpaired) electrons. The Hall–Kier alpha value is -1.71. The lowest BCUT2D eigenvalue weighted by atomic mass is 10.2. The van der Waals surface area contributed by atoms with Crippen molar-refractivity contribution in [1.29, 1.82) is 0 Å². The van der Waals surface area contributed by atoms with Crippen molar-refractivity contribution in [2.24, 2.45) is 4.99 Å². The van der Waals surface area contributed by atoms with Gasteiger partial charge in [-0.2, -0.15) is 0 Å². The molecule has 4 heteroatoms. The Kier molecular flexibility index (Phi) is 5.07. The van der Waals surface area contributed by atoms with Gasteiger partial charge in [-0.3, -0.25) is 4.99 Å². The minimum atomic E-state index is 0.585. The molecule has 19 heavy (non-hydrogen) atoms. The SMILES string of the molecule is CN=C(NCc1ccc(OC)cc1)NC1CCCC1. The molecule has 0 saturated heterocycles. The van der Waals surface area contributed by atoms with Gasteiger partial charge in [-0.1, -0.05) is 25.0 Å². The highest BCUT2D eigenvalue weighted by molar-refractivity contribution is 5.79. The van der Waals surface area contributed by atoms with E-state index in [-0.39, 0.29) is 0 Å². The summed E-state index contributed by atoms with van der Waals surface area (Å²) in [7, 11) is 3.50. The molecule has 104 valence electrons. The summed E-state index contributed by atoms with van der Waals surface area (Å²) in [5.74, 6) is 1.78. The first-order valence-corrected chi connectivity index (χ1v) is 6.92. The Morgan fingerprint density at radius 2 is 1.95 bits per heavy atom. The standard InChI is InChI=1S/C15H23N3O/c1-16-15(18-13-5-3-4-6-13)17-11-12-7-9-14(19-2)10-8-12/h7-10,13H,3-6,11H2,1-2H3,(H2,16,17,18). The third kappa shape index (κ3) is 4.16. The zero-order valence-electron chi connectivity index (χ0n) is 11.8. The molecule has 1 aliphatic rings. The molecule has 1 aliphatic carbocycles. The van der Waals surface area contributed by atoms with Crippen LogP contribution in [-0.2, 0) is 6.54 Å². The van der Waals surface area contributed by atoms with Crippen LogP contribution in [0.4, 0.5) is 0 Å². The van der Waals surface area contributed by atoms with E-state index in [1.54, 1.807) is 7.11 Å². The van der Waals surface area contributed by atoms with Gasteiger partial charge >= 0.3 is 0 Å². The molecule has 2 rings (SSSR count). The number of rotatable bonds is 4. The molecule has 1 aromatic carbocycles. The maximum atomic E-state index is 5.15. The maximum absolute atomic E-state index is 5.15. The smallest absolute Gasteiger partial charge is 0.191 e. The molecule has 1 saturated carbocycles. The average Bonchev–Trinajstić information content (AvgIpc) is 2.97. The number of aliphatic imine (C=N–C) groups is 1. The van der Waals surface area contributed by atoms with Gasteiger partial charge in [0.25, 0.3) is 0 Å². The number of benzene rings is 1. The van der Waals surface area contributed by atoms with Crippen LogP contribution in [-0.4, -0.2) is 26.2 Å². The van der Waals surface area contributed by atoms with Crippen LogP contribution in [0.3, 0.4) is 0 Å². The van der Waals surface area contributed by atoms with Crippen molar-refractivity contribution in [2.75, 3.05) is 14.2 Å². The molecule has 0 atom stereocenters. The monoisotopic (exact) mass is 261 g/mol. The van der Waals surface area contributed by atoms with E-state index in [2.05, 4.69) is 27.8 Å². The largest absolute Gasteiger partial charge is 0.497 e. The van der Waals surface area contributed by atoms with E-state index < -0.39 is 0 Å². The van der Waals surface area contributed by atoms with Crippen molar-refractivity contribution in [3.8, 4) is 5.75 Å². The van der Waals surface area contributed by atoms with E-state index in [4.69, 9.17) is 4.74 Å². The molecular weight excluding hydrogens is 238 g/mol. The number of methoxy groups -OCH3 is 1. The van der Waals surface area contributed by atoms with Crippen LogP contribution in [0.2, 0.25) is 0 Å². The van der Waals surface area contributed by atoms with Gasteiger partial charge in [-0.25, -0.2) is 0 Å². The molecular formula is C15H23N3O. The predicted octanol–water partition coefficient (Wildman–Crippen LogP) is 2.30. The average molecular weight is 261 g/mol. The van der Waals surface area contributed by atoms with Gasteiger partial charge in [0, 0.05) is 19.6 Å². The summed E-state index contributed by atoms with van der Waals surface area (Å²) < 4.78 is 5.15. The summed E-state index contributed by atoms with van der Waals surface area (Å²) >= 11 is 0. The van der Waals surface area contributed by atoms with Gasteiger partial charge < -0.3 is 15.4 Å². The Labute approximate surface area is 115 Å². The lowest BCUT2D eigenvalue weighted by molar-refractivity contribution is 0.414. The summed E-state index contributed by atoms with van der Waals surface area (Å²) in [6, 6.07) is 8.67. The van der Waals surface area contributed by atoms with Gasteiger partial charge in [0.05, 0.1) is 7.11 Å². The first-order valence-electron chi connectivity index (χ1n) is 6.92. The molecule has 1 fully saturated rings. The number of hydrogen-bond donors (Lipinski definition) is 2. The fourth-order valence-electron chi connectivity index (χ4n) is 2.39. The van der Waals surface area contributed by atoms with E-state index in [0.29, 0.717) is 6.04 Å². The van der Waals surface area contributed by atoms with Crippen LogP contribution in [0.15, 0.2) is 29.3 Å². The molecule has 0 bridgehead atoms. The first-order chi connectivity index (χ1) is 9.31. The van der Waals surface area contributed by atoms with Crippen molar-refractivity contribution < 1.29 is 4.74 Å². The molecule has 0 aliphatic heterocycles. The Morgan fingerprint density at radius 1 is 1.26 bits per heavy atom. The number of guanidine groups is 1. The number of hydrogen-bond acceptors (Lipinski definition) is 2. The third-order valence-corrected chi connectivity index (χ3v) is 3.54. The second-order valence-electron chi connectivity index (χ2n) is 4.90. The fraction of sp³-hybridized carbons (Fsp3) is 0.533. The Bertz CT molecular complexity index is 408. The van der Waals surface area contributed by atoms with Crippen molar-refractivity contribution in [2.45, 2.75) is 38.3 Å². The van der Waals surface area contributed by atoms with Crippen LogP contribution in [0, 0.1) is 0 Å². The Morgan fingerprint density at radius 3 is 2.53 bits per heavy atom. The van der Waals surface area contributed by atoms with Crippen LogP contribution in [0.25, 0.3) is 0 Å². The van der Waals surface area contributed by atoms with E-state index in [1.807, 2.05) is 19.2 Å². The quantitative estimate of drug-likeness (QED) is 0.646. The van der Waals surface area contributed by atoms with Gasteiger partial charge in [0.15, 0.2) is 5.96 Å². The summed E-state index contributed by atoms with van der Waals surface area (Å²) in [6.45, 7) is 0.774. The van der Waals surface area contributed by atoms with Crippen molar-refractivity contribution in [3.05, 3.63) is 29.8 Å². The first kappa shape index (κ1) is 13.7. The fourth-order valence-corrected chi connectivity index (χ4v) is 2.39. The minimum Gasteiger partial charge on any atom is -0.497 e. The normalized spacial score (nSPS) is 16.4. The molecule has 0 aromatic heterocycles. The summed E-state index contributed by atoms with van der Waals surface area (Å²) in [5.41, 5.74) is 1.22. The Balaban J connectivity index is 1.81. The summed E-state index contributed by atoms with van der Waals surface area (Å²) in [6.07, 6.45) is 5.16. The molecule has 1 aromatic rings. The zero-order chi connectivity index (χ0) is 13.5. The predicted molar refractivity (Wildman–Crippen MR) is 78.6 cm³/mol. The van der Waals surface area contributed by atoms with Crippen LogP contribution in [0.5, 0.6) is 5.75 Å². The highest BCUT2D eigenvalue weighted by Gasteiger charge is 2.15. The molecule has 2 N–H and O–H groups in total. The van der Waals surface area contributed by atoms with Gasteiger partial charge in [-0.05, 0) is 30.5 Å². The lowest BCUT2D eigenvalue weighted by Gasteiger charge is -2.16. The molecule has 0 heterocycles.